The van der Waals surface area contributed by atoms with Crippen molar-refractivity contribution in [3.63, 3.8) is 0 Å². The largest absolute Gasteiger partial charge is 0.303 e. The van der Waals surface area contributed by atoms with Crippen LogP contribution in [-0.2, 0) is 4.79 Å². The second kappa shape index (κ2) is 4.61. The average Bonchev–Trinajstić information content (AvgIpc) is 2.36. The van der Waals surface area contributed by atoms with Gasteiger partial charge >= 0.3 is 0 Å². The lowest BCUT2D eigenvalue weighted by molar-refractivity contribution is -0.108. The van der Waals surface area contributed by atoms with Crippen LogP contribution >= 0.6 is 0 Å². The standard InChI is InChI=1S/C10H19NO/c1-9(2)7-11-5-3-10(8-11)4-6-12/h6,9-10H,3-5,7-8H2,1-2H3/t10-/m1/s1. The van der Waals surface area contributed by atoms with Gasteiger partial charge in [-0.25, -0.2) is 0 Å². The van der Waals surface area contributed by atoms with Crippen LogP contribution in [-0.4, -0.2) is 30.8 Å². The smallest absolute Gasteiger partial charge is 0.120 e. The van der Waals surface area contributed by atoms with E-state index in [1.54, 1.807) is 0 Å². The van der Waals surface area contributed by atoms with Gasteiger partial charge in [-0.05, 0) is 24.8 Å². The molecular formula is C10H19NO. The molecule has 0 bridgehead atoms. The fraction of sp³-hybridized carbons (Fsp3) is 0.900. The van der Waals surface area contributed by atoms with Crippen molar-refractivity contribution in [1.29, 1.82) is 0 Å². The molecule has 2 nitrogen and oxygen atoms in total. The SMILES string of the molecule is CC(C)CN1CC[C@H](CC=O)C1. The van der Waals surface area contributed by atoms with Crippen LogP contribution in [0.5, 0.6) is 0 Å². The predicted molar refractivity (Wildman–Crippen MR) is 50.1 cm³/mol. The number of rotatable bonds is 4. The van der Waals surface area contributed by atoms with Crippen molar-refractivity contribution in [2.75, 3.05) is 19.6 Å². The Bertz CT molecular complexity index is 145. The molecule has 0 spiro atoms. The van der Waals surface area contributed by atoms with Crippen molar-refractivity contribution in [2.45, 2.75) is 26.7 Å². The molecule has 0 aromatic heterocycles. The number of carbonyl (C=O) groups is 1. The number of nitrogens with zero attached hydrogens (tertiary/aromatic N) is 1. The topological polar surface area (TPSA) is 20.3 Å². The normalized spacial score (nSPS) is 25.1. The minimum absolute atomic E-state index is 0.640. The monoisotopic (exact) mass is 169 g/mol. The summed E-state index contributed by atoms with van der Waals surface area (Å²) in [6.45, 7) is 8.00. The van der Waals surface area contributed by atoms with Gasteiger partial charge in [-0.1, -0.05) is 13.8 Å². The molecule has 70 valence electrons. The van der Waals surface area contributed by atoms with Crippen molar-refractivity contribution in [3.8, 4) is 0 Å². The first-order chi connectivity index (χ1) is 5.72. The molecule has 0 aliphatic carbocycles. The van der Waals surface area contributed by atoms with Gasteiger partial charge in [-0.15, -0.1) is 0 Å². The molecule has 1 fully saturated rings. The van der Waals surface area contributed by atoms with Crippen LogP contribution in [0.1, 0.15) is 26.7 Å². The van der Waals surface area contributed by atoms with E-state index in [1.165, 1.54) is 19.5 Å². The number of hydrogen-bond acceptors (Lipinski definition) is 2. The second-order valence-corrected chi connectivity index (χ2v) is 4.21. The van der Waals surface area contributed by atoms with Crippen LogP contribution in [0.2, 0.25) is 0 Å². The Morgan fingerprint density at radius 2 is 2.33 bits per heavy atom. The van der Waals surface area contributed by atoms with Crippen LogP contribution in [0.3, 0.4) is 0 Å². The highest BCUT2D eigenvalue weighted by Gasteiger charge is 2.21. The fourth-order valence-corrected chi connectivity index (χ4v) is 1.92. The molecule has 1 aliphatic heterocycles. The third-order valence-electron chi connectivity index (χ3n) is 2.42. The van der Waals surface area contributed by atoms with Crippen LogP contribution in [0.4, 0.5) is 0 Å². The van der Waals surface area contributed by atoms with Crippen molar-refractivity contribution in [3.05, 3.63) is 0 Å². The second-order valence-electron chi connectivity index (χ2n) is 4.21. The Labute approximate surface area is 74.9 Å². The van der Waals surface area contributed by atoms with E-state index in [1.807, 2.05) is 0 Å². The van der Waals surface area contributed by atoms with E-state index in [-0.39, 0.29) is 0 Å². The summed E-state index contributed by atoms with van der Waals surface area (Å²) >= 11 is 0. The van der Waals surface area contributed by atoms with E-state index >= 15 is 0 Å². The van der Waals surface area contributed by atoms with Crippen LogP contribution < -0.4 is 0 Å². The molecule has 1 heterocycles. The Balaban J connectivity index is 2.21. The highest BCUT2D eigenvalue weighted by atomic mass is 16.1. The average molecular weight is 169 g/mol. The summed E-state index contributed by atoms with van der Waals surface area (Å²) in [6, 6.07) is 0. The Morgan fingerprint density at radius 1 is 1.58 bits per heavy atom. The quantitative estimate of drug-likeness (QED) is 0.595. The summed E-state index contributed by atoms with van der Waals surface area (Å²) in [7, 11) is 0. The van der Waals surface area contributed by atoms with Crippen molar-refractivity contribution >= 4 is 6.29 Å². The van der Waals surface area contributed by atoms with Gasteiger partial charge in [0.2, 0.25) is 0 Å². The minimum Gasteiger partial charge on any atom is -0.303 e. The molecule has 0 saturated carbocycles. The van der Waals surface area contributed by atoms with Crippen LogP contribution in [0, 0.1) is 11.8 Å². The summed E-state index contributed by atoms with van der Waals surface area (Å²) < 4.78 is 0. The maximum atomic E-state index is 10.3. The minimum atomic E-state index is 0.640. The zero-order valence-electron chi connectivity index (χ0n) is 8.12. The maximum Gasteiger partial charge on any atom is 0.120 e. The molecule has 0 aromatic rings. The zero-order valence-corrected chi connectivity index (χ0v) is 8.12. The zero-order chi connectivity index (χ0) is 8.97. The van der Waals surface area contributed by atoms with Gasteiger partial charge in [0.15, 0.2) is 0 Å². The molecule has 1 rings (SSSR count). The van der Waals surface area contributed by atoms with Gasteiger partial charge < -0.3 is 9.69 Å². The molecule has 2 heteroatoms. The van der Waals surface area contributed by atoms with Crippen LogP contribution in [0.25, 0.3) is 0 Å². The van der Waals surface area contributed by atoms with Gasteiger partial charge in [-0.2, -0.15) is 0 Å². The number of likely N-dealkylation sites (tertiary alicyclic amines) is 1. The fourth-order valence-electron chi connectivity index (χ4n) is 1.92. The molecule has 0 N–H and O–H groups in total. The van der Waals surface area contributed by atoms with Gasteiger partial charge in [0.1, 0.15) is 6.29 Å². The summed E-state index contributed by atoms with van der Waals surface area (Å²) in [5.41, 5.74) is 0. The Morgan fingerprint density at radius 3 is 2.92 bits per heavy atom. The predicted octanol–water partition coefficient (Wildman–Crippen LogP) is 1.55. The Kier molecular flexibility index (Phi) is 3.73. The lowest BCUT2D eigenvalue weighted by atomic mass is 10.1. The van der Waals surface area contributed by atoms with E-state index in [4.69, 9.17) is 0 Å². The molecule has 1 aliphatic rings. The summed E-state index contributed by atoms with van der Waals surface area (Å²) in [5.74, 6) is 1.39. The molecular weight excluding hydrogens is 150 g/mol. The summed E-state index contributed by atoms with van der Waals surface area (Å²) in [6.07, 6.45) is 3.03. The lowest BCUT2D eigenvalue weighted by Gasteiger charge is -2.17. The molecule has 12 heavy (non-hydrogen) atoms. The Hall–Kier alpha value is -0.370. The number of aldehydes is 1. The van der Waals surface area contributed by atoms with E-state index in [9.17, 15) is 4.79 Å². The first-order valence-corrected chi connectivity index (χ1v) is 4.88. The summed E-state index contributed by atoms with van der Waals surface area (Å²) in [4.78, 5) is 12.7. The molecule has 1 atom stereocenters. The summed E-state index contributed by atoms with van der Waals surface area (Å²) in [5, 5.41) is 0. The number of carbonyl (C=O) groups excluding carboxylic acids is 1. The molecule has 0 aromatic carbocycles. The molecule has 0 radical (unpaired) electrons. The van der Waals surface area contributed by atoms with E-state index < -0.39 is 0 Å². The van der Waals surface area contributed by atoms with Gasteiger partial charge in [0.05, 0.1) is 0 Å². The van der Waals surface area contributed by atoms with Gasteiger partial charge in [-0.3, -0.25) is 0 Å². The van der Waals surface area contributed by atoms with E-state index in [0.29, 0.717) is 5.92 Å². The van der Waals surface area contributed by atoms with Crippen LogP contribution in [0.15, 0.2) is 0 Å². The van der Waals surface area contributed by atoms with E-state index in [2.05, 4.69) is 18.7 Å². The third-order valence-corrected chi connectivity index (χ3v) is 2.42. The molecule has 0 unspecified atom stereocenters. The third kappa shape index (κ3) is 2.94. The van der Waals surface area contributed by atoms with Crippen molar-refractivity contribution < 1.29 is 4.79 Å². The van der Waals surface area contributed by atoms with Crippen molar-refractivity contribution in [1.82, 2.24) is 4.90 Å². The first kappa shape index (κ1) is 9.72. The highest BCUT2D eigenvalue weighted by molar-refractivity contribution is 5.49. The van der Waals surface area contributed by atoms with E-state index in [0.717, 1.165) is 25.2 Å². The lowest BCUT2D eigenvalue weighted by Crippen LogP contribution is -2.25. The first-order valence-electron chi connectivity index (χ1n) is 4.88. The number of hydrogen-bond donors (Lipinski definition) is 0. The van der Waals surface area contributed by atoms with Gasteiger partial charge in [0.25, 0.3) is 0 Å². The van der Waals surface area contributed by atoms with Crippen molar-refractivity contribution in [2.24, 2.45) is 11.8 Å². The molecule has 0 amide bonds. The molecule has 1 saturated heterocycles. The van der Waals surface area contributed by atoms with Gasteiger partial charge in [0, 0.05) is 19.5 Å². The maximum absolute atomic E-state index is 10.3. The highest BCUT2D eigenvalue weighted by Crippen LogP contribution is 2.19.